The Bertz CT molecular complexity index is 785. The molecule has 1 heterocycles. The zero-order chi connectivity index (χ0) is 19.1. The molecule has 0 aliphatic carbocycles. The monoisotopic (exact) mass is 396 g/mol. The average molecular weight is 397 g/mol. The van der Waals surface area contributed by atoms with Crippen molar-refractivity contribution >= 4 is 29.3 Å². The molecule has 3 nitrogen and oxygen atoms in total. The van der Waals surface area contributed by atoms with Crippen molar-refractivity contribution in [2.24, 2.45) is 0 Å². The number of carbonyl (C=O) groups is 1. The fourth-order valence-electron chi connectivity index (χ4n) is 3.70. The van der Waals surface area contributed by atoms with Gasteiger partial charge in [-0.25, -0.2) is 0 Å². The van der Waals surface area contributed by atoms with Crippen LogP contribution in [0.25, 0.3) is 0 Å². The minimum Gasteiger partial charge on any atom is -0.294 e. The number of nitriles is 1. The van der Waals surface area contributed by atoms with Gasteiger partial charge in [-0.15, -0.1) is 0 Å². The van der Waals surface area contributed by atoms with Gasteiger partial charge in [0.25, 0.3) is 0 Å². The number of rotatable bonds is 7. The van der Waals surface area contributed by atoms with E-state index in [0.717, 1.165) is 30.2 Å². The third-order valence-electron chi connectivity index (χ3n) is 5.11. The molecule has 2 aromatic carbocycles. The second-order valence-corrected chi connectivity index (χ2v) is 8.83. The zero-order valence-corrected chi connectivity index (χ0v) is 17.1. The van der Waals surface area contributed by atoms with E-state index in [2.05, 4.69) is 11.0 Å². The van der Waals surface area contributed by atoms with E-state index in [-0.39, 0.29) is 11.0 Å². The first-order chi connectivity index (χ1) is 13.2. The summed E-state index contributed by atoms with van der Waals surface area (Å²) in [5.41, 5.74) is 0.900. The molecule has 2 unspecified atom stereocenters. The van der Waals surface area contributed by atoms with E-state index in [1.165, 1.54) is 0 Å². The van der Waals surface area contributed by atoms with Crippen molar-refractivity contribution in [2.75, 3.05) is 30.9 Å². The lowest BCUT2D eigenvalue weighted by Gasteiger charge is -2.45. The van der Waals surface area contributed by atoms with Crippen molar-refractivity contribution in [2.45, 2.75) is 17.2 Å². The quantitative estimate of drug-likeness (QED) is 0.647. The van der Waals surface area contributed by atoms with Crippen LogP contribution >= 0.6 is 23.5 Å². The molecule has 27 heavy (non-hydrogen) atoms. The maximum Gasteiger partial charge on any atom is 0.164 e. The summed E-state index contributed by atoms with van der Waals surface area (Å²) >= 11 is 3.55. The van der Waals surface area contributed by atoms with Crippen LogP contribution in [-0.4, -0.2) is 46.8 Å². The van der Waals surface area contributed by atoms with Gasteiger partial charge in [0.05, 0.1) is 6.07 Å². The molecule has 2 atom stereocenters. The molecule has 0 bridgehead atoms. The number of ketones is 1. The SMILES string of the molecule is CSC(CC(=O)c1ccccc1)C(C#N)(c1ccccc1)N1CCSCC1. The lowest BCUT2D eigenvalue weighted by Crippen LogP contribution is -2.55. The Hall–Kier alpha value is -1.74. The summed E-state index contributed by atoms with van der Waals surface area (Å²) in [6.07, 6.45) is 2.36. The van der Waals surface area contributed by atoms with Crippen molar-refractivity contribution in [1.82, 2.24) is 4.90 Å². The molecule has 0 aromatic heterocycles. The molecular formula is C22H24N2OS2. The molecule has 0 saturated carbocycles. The maximum atomic E-state index is 12.9. The van der Waals surface area contributed by atoms with Gasteiger partial charge in [-0.2, -0.15) is 28.8 Å². The smallest absolute Gasteiger partial charge is 0.164 e. The third-order valence-corrected chi connectivity index (χ3v) is 7.13. The molecule has 0 amide bonds. The van der Waals surface area contributed by atoms with Crippen molar-refractivity contribution < 1.29 is 4.79 Å². The Labute approximate surface area is 170 Å². The minimum atomic E-state index is -0.800. The summed E-state index contributed by atoms with van der Waals surface area (Å²) in [5, 5.41) is 10.3. The van der Waals surface area contributed by atoms with Crippen LogP contribution in [0.2, 0.25) is 0 Å². The molecule has 1 aliphatic heterocycles. The number of carbonyl (C=O) groups excluding carboxylic acids is 1. The zero-order valence-electron chi connectivity index (χ0n) is 15.5. The number of Topliss-reactive ketones (excluding diaryl/α,β-unsaturated/α-hetero) is 1. The molecule has 2 aromatic rings. The van der Waals surface area contributed by atoms with Crippen LogP contribution in [0.1, 0.15) is 22.3 Å². The van der Waals surface area contributed by atoms with Crippen molar-refractivity contribution in [3.8, 4) is 6.07 Å². The lowest BCUT2D eigenvalue weighted by molar-refractivity contribution is 0.0935. The van der Waals surface area contributed by atoms with Crippen LogP contribution in [0.15, 0.2) is 60.7 Å². The molecule has 0 spiro atoms. The predicted octanol–water partition coefficient (Wildman–Crippen LogP) is 4.46. The van der Waals surface area contributed by atoms with Crippen molar-refractivity contribution in [3.05, 3.63) is 71.8 Å². The van der Waals surface area contributed by atoms with E-state index in [1.807, 2.05) is 78.7 Å². The first kappa shape index (κ1) is 20.0. The molecule has 0 N–H and O–H groups in total. The topological polar surface area (TPSA) is 44.1 Å². The van der Waals surface area contributed by atoms with Crippen LogP contribution in [0.4, 0.5) is 0 Å². The third kappa shape index (κ3) is 4.24. The second-order valence-electron chi connectivity index (χ2n) is 6.56. The predicted molar refractivity (Wildman–Crippen MR) is 115 cm³/mol. The molecule has 3 rings (SSSR count). The van der Waals surface area contributed by atoms with Crippen LogP contribution in [0, 0.1) is 11.3 Å². The highest BCUT2D eigenvalue weighted by Gasteiger charge is 2.47. The van der Waals surface area contributed by atoms with E-state index < -0.39 is 5.54 Å². The van der Waals surface area contributed by atoms with Gasteiger partial charge in [-0.3, -0.25) is 9.69 Å². The first-order valence-electron chi connectivity index (χ1n) is 9.13. The molecule has 5 heteroatoms. The average Bonchev–Trinajstić information content (AvgIpc) is 2.76. The first-order valence-corrected chi connectivity index (χ1v) is 11.6. The highest BCUT2D eigenvalue weighted by atomic mass is 32.2. The Kier molecular flexibility index (Phi) is 7.01. The number of hydrogen-bond acceptors (Lipinski definition) is 5. The van der Waals surface area contributed by atoms with Crippen molar-refractivity contribution in [1.29, 1.82) is 5.26 Å². The van der Waals surface area contributed by atoms with E-state index in [4.69, 9.17) is 0 Å². The normalized spacial score (nSPS) is 18.2. The van der Waals surface area contributed by atoms with Gasteiger partial charge in [0.2, 0.25) is 0 Å². The fourth-order valence-corrected chi connectivity index (χ4v) is 5.60. The standard InChI is InChI=1S/C22H24N2OS2/c1-26-21(16-20(25)18-8-4-2-5-9-18)22(17-23,19-10-6-3-7-11-19)24-12-14-27-15-13-24/h2-11,21H,12-16H2,1H3. The molecular weight excluding hydrogens is 372 g/mol. The van der Waals surface area contributed by atoms with E-state index in [0.29, 0.717) is 12.0 Å². The molecule has 1 fully saturated rings. The van der Waals surface area contributed by atoms with E-state index >= 15 is 0 Å². The summed E-state index contributed by atoms with van der Waals surface area (Å²) in [4.78, 5) is 15.2. The molecule has 0 radical (unpaired) electrons. The summed E-state index contributed by atoms with van der Waals surface area (Å²) in [6, 6.07) is 22.0. The number of hydrogen-bond donors (Lipinski definition) is 0. The Morgan fingerprint density at radius 2 is 1.74 bits per heavy atom. The Morgan fingerprint density at radius 3 is 2.30 bits per heavy atom. The van der Waals surface area contributed by atoms with Gasteiger partial charge in [0.1, 0.15) is 5.54 Å². The Balaban J connectivity index is 1.99. The van der Waals surface area contributed by atoms with Crippen LogP contribution in [-0.2, 0) is 5.54 Å². The van der Waals surface area contributed by atoms with Crippen molar-refractivity contribution in [3.63, 3.8) is 0 Å². The van der Waals surface area contributed by atoms with E-state index in [1.54, 1.807) is 11.8 Å². The molecule has 1 saturated heterocycles. The Morgan fingerprint density at radius 1 is 1.15 bits per heavy atom. The summed E-state index contributed by atoms with van der Waals surface area (Å²) < 4.78 is 0. The van der Waals surface area contributed by atoms with Crippen LogP contribution < -0.4 is 0 Å². The lowest BCUT2D eigenvalue weighted by atomic mass is 9.82. The van der Waals surface area contributed by atoms with Crippen LogP contribution in [0.3, 0.4) is 0 Å². The highest BCUT2D eigenvalue weighted by molar-refractivity contribution is 7.99. The molecule has 140 valence electrons. The maximum absolute atomic E-state index is 12.9. The highest BCUT2D eigenvalue weighted by Crippen LogP contribution is 2.41. The van der Waals surface area contributed by atoms with Gasteiger partial charge < -0.3 is 0 Å². The van der Waals surface area contributed by atoms with Crippen LogP contribution in [0.5, 0.6) is 0 Å². The van der Waals surface area contributed by atoms with Gasteiger partial charge in [-0.1, -0.05) is 60.7 Å². The van der Waals surface area contributed by atoms with Gasteiger partial charge >= 0.3 is 0 Å². The fraction of sp³-hybridized carbons (Fsp3) is 0.364. The van der Waals surface area contributed by atoms with Gasteiger partial charge in [0.15, 0.2) is 5.78 Å². The second kappa shape index (κ2) is 9.45. The summed E-state index contributed by atoms with van der Waals surface area (Å²) in [7, 11) is 0. The van der Waals surface area contributed by atoms with Gasteiger partial charge in [-0.05, 0) is 11.8 Å². The van der Waals surface area contributed by atoms with Gasteiger partial charge in [0, 0.05) is 41.8 Å². The largest absolute Gasteiger partial charge is 0.294 e. The summed E-state index contributed by atoms with van der Waals surface area (Å²) in [6.45, 7) is 1.73. The minimum absolute atomic E-state index is 0.0943. The summed E-state index contributed by atoms with van der Waals surface area (Å²) in [5.74, 6) is 2.13. The van der Waals surface area contributed by atoms with E-state index in [9.17, 15) is 10.1 Å². The number of thioether (sulfide) groups is 2. The molecule has 1 aliphatic rings. The number of benzene rings is 2. The number of nitrogens with zero attached hydrogens (tertiary/aromatic N) is 2.